The van der Waals surface area contributed by atoms with Crippen LogP contribution in [-0.2, 0) is 27.8 Å². The first-order valence-corrected chi connectivity index (χ1v) is 12.0. The maximum Gasteiger partial charge on any atom is 0.243 e. The highest BCUT2D eigenvalue weighted by Gasteiger charge is 2.27. The monoisotopic (exact) mass is 456 g/mol. The number of hydrogen-bond acceptors (Lipinski definition) is 4. The number of halogens is 1. The Balaban J connectivity index is 1.47. The Labute approximate surface area is 187 Å². The number of carbonyl (C=O) groups excluding carboxylic acids is 1. The zero-order valence-electron chi connectivity index (χ0n) is 17.5. The van der Waals surface area contributed by atoms with E-state index in [2.05, 4.69) is 11.4 Å². The molecule has 0 bridgehead atoms. The van der Waals surface area contributed by atoms with Crippen LogP contribution >= 0.6 is 0 Å². The average molecular weight is 457 g/mol. The maximum absolute atomic E-state index is 13.3. The number of aryl methyl sites for hydroxylation is 1. The summed E-state index contributed by atoms with van der Waals surface area (Å²) < 4.78 is 46.1. The minimum Gasteiger partial charge on any atom is -0.468 e. The zero-order chi connectivity index (χ0) is 22.6. The molecule has 32 heavy (non-hydrogen) atoms. The molecule has 168 valence electrons. The van der Waals surface area contributed by atoms with Gasteiger partial charge < -0.3 is 9.73 Å². The molecule has 6 nitrogen and oxygen atoms in total. The summed E-state index contributed by atoms with van der Waals surface area (Å²) in [7, 11) is -3.94. The number of nitrogens with zero attached hydrogens (tertiary/aromatic N) is 1. The van der Waals surface area contributed by atoms with Gasteiger partial charge in [0.2, 0.25) is 15.9 Å². The van der Waals surface area contributed by atoms with Crippen molar-refractivity contribution in [1.29, 1.82) is 0 Å². The molecule has 0 aliphatic heterocycles. The lowest BCUT2D eigenvalue weighted by Crippen LogP contribution is -2.36. The fraction of sp³-hybridized carbons (Fsp3) is 0.292. The van der Waals surface area contributed by atoms with Crippen LogP contribution in [0.5, 0.6) is 0 Å². The lowest BCUT2D eigenvalue weighted by Gasteiger charge is -2.27. The number of benzene rings is 2. The summed E-state index contributed by atoms with van der Waals surface area (Å²) in [6.45, 7) is -0.0487. The van der Waals surface area contributed by atoms with Crippen molar-refractivity contribution in [3.8, 4) is 0 Å². The van der Waals surface area contributed by atoms with E-state index in [1.165, 1.54) is 28.3 Å². The predicted molar refractivity (Wildman–Crippen MR) is 118 cm³/mol. The van der Waals surface area contributed by atoms with Crippen molar-refractivity contribution in [2.24, 2.45) is 0 Å². The standard InChI is InChI=1S/C24H25FN2O4S/c25-19-10-12-21(13-11-19)32(29,30)27(17-20-7-4-16-31-20)15-14-24(28)26-23-9-3-6-18-5-1-2-8-22(18)23/h1-2,4-5,7-8,10-13,16,23H,3,6,9,14-15,17H2,(H,26,28). The van der Waals surface area contributed by atoms with E-state index in [1.54, 1.807) is 12.1 Å². The van der Waals surface area contributed by atoms with Crippen LogP contribution < -0.4 is 5.32 Å². The van der Waals surface area contributed by atoms with Crippen molar-refractivity contribution in [2.45, 2.75) is 43.2 Å². The van der Waals surface area contributed by atoms with E-state index in [1.807, 2.05) is 18.2 Å². The molecule has 2 aromatic carbocycles. The van der Waals surface area contributed by atoms with Crippen molar-refractivity contribution in [3.05, 3.63) is 89.6 Å². The molecule has 1 aromatic heterocycles. The summed E-state index contributed by atoms with van der Waals surface area (Å²) in [5.74, 6) is -0.281. The van der Waals surface area contributed by atoms with Gasteiger partial charge in [-0.2, -0.15) is 4.31 Å². The minimum absolute atomic E-state index is 0.000198. The van der Waals surface area contributed by atoms with Gasteiger partial charge >= 0.3 is 0 Å². The smallest absolute Gasteiger partial charge is 0.243 e. The molecule has 0 fully saturated rings. The summed E-state index contributed by atoms with van der Waals surface area (Å²) in [5.41, 5.74) is 2.36. The van der Waals surface area contributed by atoms with Crippen molar-refractivity contribution in [2.75, 3.05) is 6.54 Å². The highest BCUT2D eigenvalue weighted by Crippen LogP contribution is 2.29. The number of carbonyl (C=O) groups is 1. The summed E-state index contributed by atoms with van der Waals surface area (Å²) in [6.07, 6.45) is 4.30. The van der Waals surface area contributed by atoms with Crippen molar-refractivity contribution < 1.29 is 22.0 Å². The molecular weight excluding hydrogens is 431 g/mol. The number of fused-ring (bicyclic) bond motifs is 1. The Bertz CT molecular complexity index is 1160. The first-order chi connectivity index (χ1) is 15.4. The third-order valence-corrected chi connectivity index (χ3v) is 7.52. The van der Waals surface area contributed by atoms with Gasteiger partial charge in [-0.1, -0.05) is 24.3 Å². The van der Waals surface area contributed by atoms with Crippen LogP contribution in [0.15, 0.2) is 76.2 Å². The Morgan fingerprint density at radius 3 is 2.62 bits per heavy atom. The van der Waals surface area contributed by atoms with Gasteiger partial charge in [-0.05, 0) is 66.8 Å². The summed E-state index contributed by atoms with van der Waals surface area (Å²) in [6, 6.07) is 16.0. The van der Waals surface area contributed by atoms with Gasteiger partial charge in [0.25, 0.3) is 0 Å². The Kier molecular flexibility index (Phi) is 6.72. The fourth-order valence-electron chi connectivity index (χ4n) is 4.01. The van der Waals surface area contributed by atoms with Crippen LogP contribution in [0.3, 0.4) is 0 Å². The van der Waals surface area contributed by atoms with E-state index in [9.17, 15) is 17.6 Å². The molecule has 0 spiro atoms. The van der Waals surface area contributed by atoms with E-state index >= 15 is 0 Å². The summed E-state index contributed by atoms with van der Waals surface area (Å²) >= 11 is 0. The highest BCUT2D eigenvalue weighted by atomic mass is 32.2. The normalized spacial score (nSPS) is 16.0. The van der Waals surface area contributed by atoms with E-state index in [4.69, 9.17) is 4.42 Å². The number of rotatable bonds is 8. The summed E-state index contributed by atoms with van der Waals surface area (Å²) in [4.78, 5) is 12.7. The molecule has 1 atom stereocenters. The molecule has 1 N–H and O–H groups in total. The quantitative estimate of drug-likeness (QED) is 0.551. The molecule has 0 radical (unpaired) electrons. The maximum atomic E-state index is 13.3. The van der Waals surface area contributed by atoms with Gasteiger partial charge in [-0.15, -0.1) is 0 Å². The van der Waals surface area contributed by atoms with E-state index < -0.39 is 15.8 Å². The molecule has 1 amide bonds. The first kappa shape index (κ1) is 22.2. The van der Waals surface area contributed by atoms with Gasteiger partial charge in [-0.3, -0.25) is 4.79 Å². The minimum atomic E-state index is -3.94. The van der Waals surface area contributed by atoms with Gasteiger partial charge in [0.05, 0.1) is 23.7 Å². The van der Waals surface area contributed by atoms with Gasteiger partial charge in [0.1, 0.15) is 11.6 Å². The molecule has 3 aromatic rings. The largest absolute Gasteiger partial charge is 0.468 e. The van der Waals surface area contributed by atoms with E-state index in [0.717, 1.165) is 37.0 Å². The fourth-order valence-corrected chi connectivity index (χ4v) is 5.42. The van der Waals surface area contributed by atoms with Crippen LogP contribution in [0, 0.1) is 5.82 Å². The summed E-state index contributed by atoms with van der Waals surface area (Å²) in [5, 5.41) is 3.05. The molecule has 0 saturated carbocycles. The molecule has 8 heteroatoms. The van der Waals surface area contributed by atoms with Crippen LogP contribution in [0.4, 0.5) is 4.39 Å². The average Bonchev–Trinajstić information content (AvgIpc) is 3.30. The second-order valence-corrected chi connectivity index (χ2v) is 9.77. The van der Waals surface area contributed by atoms with Gasteiger partial charge in [0, 0.05) is 13.0 Å². The number of hydrogen-bond donors (Lipinski definition) is 1. The number of furan rings is 1. The topological polar surface area (TPSA) is 79.6 Å². The Morgan fingerprint density at radius 2 is 1.88 bits per heavy atom. The van der Waals surface area contributed by atoms with Crippen LogP contribution in [0.25, 0.3) is 0 Å². The number of amides is 1. The predicted octanol–water partition coefficient (Wildman–Crippen LogP) is 4.19. The second-order valence-electron chi connectivity index (χ2n) is 7.83. The molecule has 1 unspecified atom stereocenters. The molecule has 4 rings (SSSR count). The van der Waals surface area contributed by atoms with Gasteiger partial charge in [0.15, 0.2) is 0 Å². The number of sulfonamides is 1. The SMILES string of the molecule is O=C(CCN(Cc1ccco1)S(=O)(=O)c1ccc(F)cc1)NC1CCCc2ccccc21. The van der Waals surface area contributed by atoms with Crippen molar-refractivity contribution in [3.63, 3.8) is 0 Å². The molecule has 1 aliphatic rings. The lowest BCUT2D eigenvalue weighted by atomic mass is 9.88. The Morgan fingerprint density at radius 1 is 1.09 bits per heavy atom. The molecule has 1 aliphatic carbocycles. The van der Waals surface area contributed by atoms with Gasteiger partial charge in [-0.25, -0.2) is 12.8 Å². The molecule has 0 saturated heterocycles. The Hall–Kier alpha value is -2.97. The third kappa shape index (κ3) is 5.08. The van der Waals surface area contributed by atoms with Crippen LogP contribution in [0.1, 0.15) is 42.2 Å². The molecule has 1 heterocycles. The van der Waals surface area contributed by atoms with Crippen LogP contribution in [0.2, 0.25) is 0 Å². The van der Waals surface area contributed by atoms with Crippen molar-refractivity contribution >= 4 is 15.9 Å². The zero-order valence-corrected chi connectivity index (χ0v) is 18.4. The molecular formula is C24H25FN2O4S. The second kappa shape index (κ2) is 9.67. The van der Waals surface area contributed by atoms with E-state index in [-0.39, 0.29) is 36.4 Å². The van der Waals surface area contributed by atoms with E-state index in [0.29, 0.717) is 5.76 Å². The first-order valence-electron chi connectivity index (χ1n) is 10.6. The third-order valence-electron chi connectivity index (χ3n) is 5.66. The lowest BCUT2D eigenvalue weighted by molar-refractivity contribution is -0.122. The number of nitrogens with one attached hydrogen (secondary N) is 1. The highest BCUT2D eigenvalue weighted by molar-refractivity contribution is 7.89. The van der Waals surface area contributed by atoms with Crippen LogP contribution in [-0.4, -0.2) is 25.2 Å². The van der Waals surface area contributed by atoms with Crippen molar-refractivity contribution in [1.82, 2.24) is 9.62 Å².